The third-order valence-electron chi connectivity index (χ3n) is 4.02. The van der Waals surface area contributed by atoms with Crippen LogP contribution in [0.2, 0.25) is 0 Å². The molecule has 17 heavy (non-hydrogen) atoms. The molecule has 3 aliphatic rings. The maximum Gasteiger partial charge on any atom is 0.119 e. The zero-order chi connectivity index (χ0) is 11.8. The first-order valence-electron chi connectivity index (χ1n) is 6.36. The molecule has 0 aromatic rings. The van der Waals surface area contributed by atoms with Gasteiger partial charge in [0.15, 0.2) is 0 Å². The Hall–Kier alpha value is -1.35. The lowest BCUT2D eigenvalue weighted by atomic mass is 10.1. The summed E-state index contributed by atoms with van der Waals surface area (Å²) in [6, 6.07) is 0.741. The Morgan fingerprint density at radius 1 is 1.24 bits per heavy atom. The van der Waals surface area contributed by atoms with E-state index in [-0.39, 0.29) is 0 Å². The normalized spacial score (nSPS) is 28.6. The van der Waals surface area contributed by atoms with Crippen LogP contribution in [0, 0.1) is 0 Å². The molecule has 1 atom stereocenters. The van der Waals surface area contributed by atoms with Crippen LogP contribution in [-0.4, -0.2) is 47.9 Å². The Morgan fingerprint density at radius 3 is 2.88 bits per heavy atom. The second-order valence-corrected chi connectivity index (χ2v) is 4.99. The quantitative estimate of drug-likeness (QED) is 0.719. The molecule has 90 valence electrons. The van der Waals surface area contributed by atoms with Gasteiger partial charge in [0.25, 0.3) is 0 Å². The Bertz CT molecular complexity index is 419. The Kier molecular flexibility index (Phi) is 2.63. The standard InChI is InChI=1S/C14H19N3/c1-3-11-8-17-9-12-6-5-7-16(12)10-14(17)15-13(11)4-2/h3-4,12H,1-2,5-10H2. The van der Waals surface area contributed by atoms with E-state index >= 15 is 0 Å². The van der Waals surface area contributed by atoms with Gasteiger partial charge in [-0.3, -0.25) is 4.90 Å². The van der Waals surface area contributed by atoms with Crippen LogP contribution >= 0.6 is 0 Å². The van der Waals surface area contributed by atoms with Gasteiger partial charge in [-0.05, 0) is 31.0 Å². The van der Waals surface area contributed by atoms with Crippen molar-refractivity contribution in [2.45, 2.75) is 18.9 Å². The lowest BCUT2D eigenvalue weighted by molar-refractivity contribution is 0.200. The molecule has 0 aromatic carbocycles. The van der Waals surface area contributed by atoms with E-state index < -0.39 is 0 Å². The first-order chi connectivity index (χ1) is 8.31. The lowest BCUT2D eigenvalue weighted by Gasteiger charge is -2.41. The number of aliphatic imine (C=N–C) groups is 1. The monoisotopic (exact) mass is 229 g/mol. The molecule has 2 fully saturated rings. The topological polar surface area (TPSA) is 18.8 Å². The molecule has 1 unspecified atom stereocenters. The number of nitrogens with zero attached hydrogens (tertiary/aromatic N) is 3. The minimum Gasteiger partial charge on any atom is -0.353 e. The molecule has 0 amide bonds. The van der Waals surface area contributed by atoms with Gasteiger partial charge in [0, 0.05) is 19.1 Å². The summed E-state index contributed by atoms with van der Waals surface area (Å²) in [5.74, 6) is 1.21. The summed E-state index contributed by atoms with van der Waals surface area (Å²) >= 11 is 0. The first kappa shape index (κ1) is 10.8. The van der Waals surface area contributed by atoms with Crippen molar-refractivity contribution >= 4 is 5.84 Å². The van der Waals surface area contributed by atoms with Crippen molar-refractivity contribution < 1.29 is 0 Å². The maximum atomic E-state index is 4.73. The third-order valence-corrected chi connectivity index (χ3v) is 4.02. The lowest BCUT2D eigenvalue weighted by Crippen LogP contribution is -2.54. The number of amidine groups is 1. The van der Waals surface area contributed by atoms with Crippen molar-refractivity contribution in [1.29, 1.82) is 0 Å². The van der Waals surface area contributed by atoms with Crippen LogP contribution in [0.25, 0.3) is 0 Å². The van der Waals surface area contributed by atoms with Gasteiger partial charge in [-0.15, -0.1) is 0 Å². The molecule has 0 spiro atoms. The van der Waals surface area contributed by atoms with E-state index in [9.17, 15) is 0 Å². The minimum atomic E-state index is 0.741. The Morgan fingerprint density at radius 2 is 2.12 bits per heavy atom. The van der Waals surface area contributed by atoms with E-state index in [1.807, 2.05) is 12.2 Å². The summed E-state index contributed by atoms with van der Waals surface area (Å²) in [4.78, 5) is 9.70. The van der Waals surface area contributed by atoms with E-state index in [1.54, 1.807) is 0 Å². The molecular formula is C14H19N3. The van der Waals surface area contributed by atoms with Crippen LogP contribution in [0.15, 0.2) is 41.6 Å². The van der Waals surface area contributed by atoms with E-state index in [0.717, 1.165) is 31.4 Å². The zero-order valence-electron chi connectivity index (χ0n) is 10.2. The summed E-state index contributed by atoms with van der Waals surface area (Å²) in [6.45, 7) is 12.0. The number of piperazine rings is 1. The molecule has 3 aliphatic heterocycles. The first-order valence-corrected chi connectivity index (χ1v) is 6.36. The third kappa shape index (κ3) is 1.75. The molecule has 0 bridgehead atoms. The number of allylic oxidation sites excluding steroid dienone is 1. The molecule has 0 saturated carbocycles. The van der Waals surface area contributed by atoms with Crippen molar-refractivity contribution in [3.05, 3.63) is 36.6 Å². The number of hydrogen-bond donors (Lipinski definition) is 0. The van der Waals surface area contributed by atoms with Gasteiger partial charge < -0.3 is 4.90 Å². The van der Waals surface area contributed by atoms with Gasteiger partial charge in [0.2, 0.25) is 0 Å². The predicted octanol–water partition coefficient (Wildman–Crippen LogP) is 1.80. The van der Waals surface area contributed by atoms with Crippen molar-refractivity contribution in [3.63, 3.8) is 0 Å². The predicted molar refractivity (Wildman–Crippen MR) is 71.0 cm³/mol. The smallest absolute Gasteiger partial charge is 0.119 e. The number of hydrogen-bond acceptors (Lipinski definition) is 3. The Balaban J connectivity index is 1.89. The van der Waals surface area contributed by atoms with Crippen LogP contribution < -0.4 is 0 Å². The second-order valence-electron chi connectivity index (χ2n) is 4.99. The van der Waals surface area contributed by atoms with Crippen LogP contribution in [0.5, 0.6) is 0 Å². The fourth-order valence-electron chi connectivity index (χ4n) is 3.06. The molecule has 2 saturated heterocycles. The molecule has 0 aliphatic carbocycles. The minimum absolute atomic E-state index is 0.741. The molecule has 3 heterocycles. The maximum absolute atomic E-state index is 4.73. The molecule has 0 N–H and O–H groups in total. The SMILES string of the molecule is C=CC1=C(C=C)N=C2CN3CCCC3CN2C1. The summed E-state index contributed by atoms with van der Waals surface area (Å²) in [7, 11) is 0. The van der Waals surface area contributed by atoms with E-state index in [2.05, 4.69) is 23.0 Å². The zero-order valence-corrected chi connectivity index (χ0v) is 10.2. The highest BCUT2D eigenvalue weighted by Gasteiger charge is 2.35. The highest BCUT2D eigenvalue weighted by Crippen LogP contribution is 2.27. The fraction of sp³-hybridized carbons (Fsp3) is 0.500. The van der Waals surface area contributed by atoms with Gasteiger partial charge in [-0.25, -0.2) is 4.99 Å². The summed E-state index contributed by atoms with van der Waals surface area (Å²) in [6.07, 6.45) is 6.43. The Labute approximate surface area is 103 Å². The largest absolute Gasteiger partial charge is 0.353 e. The van der Waals surface area contributed by atoms with Gasteiger partial charge >= 0.3 is 0 Å². The summed E-state index contributed by atoms with van der Waals surface area (Å²) in [5.41, 5.74) is 2.21. The van der Waals surface area contributed by atoms with Crippen LogP contribution in [0.4, 0.5) is 0 Å². The molecule has 3 rings (SSSR count). The molecule has 0 aromatic heterocycles. The van der Waals surface area contributed by atoms with Crippen LogP contribution in [0.3, 0.4) is 0 Å². The second kappa shape index (κ2) is 4.15. The number of rotatable bonds is 2. The van der Waals surface area contributed by atoms with E-state index in [1.165, 1.54) is 30.8 Å². The van der Waals surface area contributed by atoms with Gasteiger partial charge in [0.05, 0.1) is 12.2 Å². The molecule has 3 heteroatoms. The van der Waals surface area contributed by atoms with Gasteiger partial charge in [-0.1, -0.05) is 19.2 Å². The van der Waals surface area contributed by atoms with Crippen molar-refractivity contribution in [3.8, 4) is 0 Å². The van der Waals surface area contributed by atoms with Gasteiger partial charge in [0.1, 0.15) is 5.84 Å². The average molecular weight is 229 g/mol. The van der Waals surface area contributed by atoms with Crippen molar-refractivity contribution in [1.82, 2.24) is 9.80 Å². The highest BCUT2D eigenvalue weighted by molar-refractivity contribution is 5.88. The summed E-state index contributed by atoms with van der Waals surface area (Å²) in [5, 5.41) is 0. The van der Waals surface area contributed by atoms with Crippen LogP contribution in [-0.2, 0) is 0 Å². The van der Waals surface area contributed by atoms with Crippen LogP contribution in [0.1, 0.15) is 12.8 Å². The molecule has 3 nitrogen and oxygen atoms in total. The van der Waals surface area contributed by atoms with E-state index in [4.69, 9.17) is 4.99 Å². The molecule has 0 radical (unpaired) electrons. The fourth-order valence-corrected chi connectivity index (χ4v) is 3.06. The van der Waals surface area contributed by atoms with Gasteiger partial charge in [-0.2, -0.15) is 0 Å². The highest BCUT2D eigenvalue weighted by atomic mass is 15.3. The number of fused-ring (bicyclic) bond motifs is 2. The van der Waals surface area contributed by atoms with E-state index in [0.29, 0.717) is 0 Å². The summed E-state index contributed by atoms with van der Waals surface area (Å²) < 4.78 is 0. The van der Waals surface area contributed by atoms with Crippen molar-refractivity contribution in [2.24, 2.45) is 4.99 Å². The van der Waals surface area contributed by atoms with Crippen molar-refractivity contribution in [2.75, 3.05) is 26.2 Å². The average Bonchev–Trinajstić information content (AvgIpc) is 2.81. The molecular weight excluding hydrogens is 210 g/mol.